The van der Waals surface area contributed by atoms with Crippen molar-refractivity contribution in [3.05, 3.63) is 0 Å². The SMILES string of the molecule is CC1CCNC(C2CC2)CN1CCC(F)(F)F. The number of hydrogen-bond acceptors (Lipinski definition) is 2. The quantitative estimate of drug-likeness (QED) is 0.827. The van der Waals surface area contributed by atoms with Gasteiger partial charge in [0.05, 0.1) is 6.42 Å². The molecule has 0 spiro atoms. The molecule has 1 aliphatic heterocycles. The van der Waals surface area contributed by atoms with E-state index >= 15 is 0 Å². The van der Waals surface area contributed by atoms with E-state index in [0.29, 0.717) is 12.0 Å². The van der Waals surface area contributed by atoms with Crippen molar-refractivity contribution in [2.75, 3.05) is 19.6 Å². The largest absolute Gasteiger partial charge is 0.390 e. The van der Waals surface area contributed by atoms with Crippen LogP contribution >= 0.6 is 0 Å². The molecule has 0 amide bonds. The van der Waals surface area contributed by atoms with E-state index in [2.05, 4.69) is 5.32 Å². The monoisotopic (exact) mass is 250 g/mol. The normalized spacial score (nSPS) is 32.5. The number of nitrogens with zero attached hydrogens (tertiary/aromatic N) is 1. The zero-order chi connectivity index (χ0) is 12.5. The molecule has 1 saturated heterocycles. The van der Waals surface area contributed by atoms with Crippen LogP contribution in [-0.2, 0) is 0 Å². The van der Waals surface area contributed by atoms with Gasteiger partial charge in [0.1, 0.15) is 0 Å². The van der Waals surface area contributed by atoms with Gasteiger partial charge in [0.2, 0.25) is 0 Å². The number of alkyl halides is 3. The fraction of sp³-hybridized carbons (Fsp3) is 1.00. The van der Waals surface area contributed by atoms with E-state index in [1.807, 2.05) is 11.8 Å². The van der Waals surface area contributed by atoms with E-state index < -0.39 is 12.6 Å². The Balaban J connectivity index is 1.87. The lowest BCUT2D eigenvalue weighted by Crippen LogP contribution is -2.42. The first-order chi connectivity index (χ1) is 7.96. The van der Waals surface area contributed by atoms with Gasteiger partial charge in [0, 0.05) is 25.2 Å². The first kappa shape index (κ1) is 13.1. The highest BCUT2D eigenvalue weighted by Gasteiger charge is 2.36. The lowest BCUT2D eigenvalue weighted by molar-refractivity contribution is -0.139. The molecule has 100 valence electrons. The molecule has 5 heteroatoms. The molecule has 2 fully saturated rings. The highest BCUT2D eigenvalue weighted by atomic mass is 19.4. The summed E-state index contributed by atoms with van der Waals surface area (Å²) in [5.41, 5.74) is 0. The summed E-state index contributed by atoms with van der Waals surface area (Å²) in [5.74, 6) is 0.702. The fourth-order valence-corrected chi connectivity index (χ4v) is 2.55. The Hall–Kier alpha value is -0.290. The Bertz CT molecular complexity index is 251. The lowest BCUT2D eigenvalue weighted by Gasteiger charge is -2.29. The molecule has 0 aromatic heterocycles. The Morgan fingerprint density at radius 1 is 1.24 bits per heavy atom. The van der Waals surface area contributed by atoms with Crippen molar-refractivity contribution in [1.82, 2.24) is 10.2 Å². The maximum Gasteiger partial charge on any atom is 0.390 e. The molecule has 0 aromatic rings. The molecule has 17 heavy (non-hydrogen) atoms. The van der Waals surface area contributed by atoms with E-state index in [9.17, 15) is 13.2 Å². The minimum absolute atomic E-state index is 0.148. The summed E-state index contributed by atoms with van der Waals surface area (Å²) in [4.78, 5) is 2.01. The van der Waals surface area contributed by atoms with Crippen molar-refractivity contribution in [2.24, 2.45) is 5.92 Å². The van der Waals surface area contributed by atoms with Crippen LogP contribution in [0.5, 0.6) is 0 Å². The zero-order valence-corrected chi connectivity index (χ0v) is 10.3. The minimum Gasteiger partial charge on any atom is -0.312 e. The summed E-state index contributed by atoms with van der Waals surface area (Å²) < 4.78 is 36.8. The fourth-order valence-electron chi connectivity index (χ4n) is 2.55. The van der Waals surface area contributed by atoms with Crippen LogP contribution in [0.3, 0.4) is 0 Å². The standard InChI is InChI=1S/C12H21F3N2/c1-9-4-6-16-11(10-2-3-10)8-17(9)7-5-12(13,14)15/h9-11,16H,2-8H2,1H3. The van der Waals surface area contributed by atoms with Crippen molar-refractivity contribution < 1.29 is 13.2 Å². The first-order valence-electron chi connectivity index (χ1n) is 6.50. The Labute approximate surface area is 101 Å². The van der Waals surface area contributed by atoms with Crippen LogP contribution in [-0.4, -0.2) is 42.8 Å². The molecule has 0 aromatic carbocycles. The van der Waals surface area contributed by atoms with Crippen molar-refractivity contribution in [2.45, 2.75) is 50.9 Å². The second-order valence-electron chi connectivity index (χ2n) is 5.40. The van der Waals surface area contributed by atoms with E-state index in [1.54, 1.807) is 0 Å². The third-order valence-corrected chi connectivity index (χ3v) is 3.90. The molecule has 1 heterocycles. The average molecular weight is 250 g/mol. The van der Waals surface area contributed by atoms with Crippen LogP contribution in [0.15, 0.2) is 0 Å². The molecule has 1 N–H and O–H groups in total. The summed E-state index contributed by atoms with van der Waals surface area (Å²) in [5, 5.41) is 3.48. The predicted molar refractivity (Wildman–Crippen MR) is 60.8 cm³/mol. The maximum atomic E-state index is 12.3. The van der Waals surface area contributed by atoms with Gasteiger partial charge in [-0.1, -0.05) is 0 Å². The van der Waals surface area contributed by atoms with Gasteiger partial charge in [0.15, 0.2) is 0 Å². The second kappa shape index (κ2) is 5.14. The maximum absolute atomic E-state index is 12.3. The van der Waals surface area contributed by atoms with Crippen molar-refractivity contribution in [1.29, 1.82) is 0 Å². The molecule has 2 atom stereocenters. The molecular weight excluding hydrogens is 229 g/mol. The molecule has 2 rings (SSSR count). The van der Waals surface area contributed by atoms with Crippen molar-refractivity contribution in [3.63, 3.8) is 0 Å². The third-order valence-electron chi connectivity index (χ3n) is 3.90. The number of rotatable bonds is 3. The van der Waals surface area contributed by atoms with Gasteiger partial charge in [-0.05, 0) is 38.6 Å². The van der Waals surface area contributed by atoms with E-state index in [0.717, 1.165) is 19.5 Å². The number of nitrogens with one attached hydrogen (secondary N) is 1. The van der Waals surface area contributed by atoms with Crippen molar-refractivity contribution >= 4 is 0 Å². The average Bonchev–Trinajstić information content (AvgIpc) is 3.01. The highest BCUT2D eigenvalue weighted by Crippen LogP contribution is 2.34. The van der Waals surface area contributed by atoms with Gasteiger partial charge in [0.25, 0.3) is 0 Å². The molecular formula is C12H21F3N2. The Kier molecular flexibility index (Phi) is 3.98. The van der Waals surface area contributed by atoms with Crippen LogP contribution < -0.4 is 5.32 Å². The summed E-state index contributed by atoms with van der Waals surface area (Å²) in [6, 6.07) is 0.668. The predicted octanol–water partition coefficient (Wildman–Crippen LogP) is 2.40. The van der Waals surface area contributed by atoms with Gasteiger partial charge in [-0.3, -0.25) is 4.90 Å². The van der Waals surface area contributed by atoms with Crippen molar-refractivity contribution in [3.8, 4) is 0 Å². The number of halogens is 3. The van der Waals surface area contributed by atoms with Crippen LogP contribution in [0.2, 0.25) is 0 Å². The number of hydrogen-bond donors (Lipinski definition) is 1. The molecule has 2 nitrogen and oxygen atoms in total. The summed E-state index contributed by atoms with van der Waals surface area (Å²) >= 11 is 0. The molecule has 2 unspecified atom stereocenters. The van der Waals surface area contributed by atoms with Crippen LogP contribution in [0.25, 0.3) is 0 Å². The summed E-state index contributed by atoms with van der Waals surface area (Å²) in [6.45, 7) is 3.90. The zero-order valence-electron chi connectivity index (χ0n) is 10.3. The van der Waals surface area contributed by atoms with E-state index in [-0.39, 0.29) is 12.6 Å². The molecule has 1 saturated carbocycles. The van der Waals surface area contributed by atoms with Gasteiger partial charge < -0.3 is 5.32 Å². The molecule has 0 bridgehead atoms. The Morgan fingerprint density at radius 2 is 1.94 bits per heavy atom. The van der Waals surface area contributed by atoms with Gasteiger partial charge in [-0.25, -0.2) is 0 Å². The van der Waals surface area contributed by atoms with E-state index in [4.69, 9.17) is 0 Å². The second-order valence-corrected chi connectivity index (χ2v) is 5.40. The third kappa shape index (κ3) is 4.14. The lowest BCUT2D eigenvalue weighted by atomic mass is 10.1. The van der Waals surface area contributed by atoms with Crippen LogP contribution in [0.1, 0.15) is 32.6 Å². The summed E-state index contributed by atoms with van der Waals surface area (Å²) in [7, 11) is 0. The molecule has 0 radical (unpaired) electrons. The summed E-state index contributed by atoms with van der Waals surface area (Å²) in [6.07, 6.45) is -1.30. The van der Waals surface area contributed by atoms with Crippen LogP contribution in [0.4, 0.5) is 13.2 Å². The van der Waals surface area contributed by atoms with E-state index in [1.165, 1.54) is 12.8 Å². The highest BCUT2D eigenvalue weighted by molar-refractivity contribution is 4.91. The first-order valence-corrected chi connectivity index (χ1v) is 6.50. The molecule has 2 aliphatic rings. The van der Waals surface area contributed by atoms with Gasteiger partial charge >= 0.3 is 6.18 Å². The smallest absolute Gasteiger partial charge is 0.312 e. The minimum atomic E-state index is -4.03. The topological polar surface area (TPSA) is 15.3 Å². The van der Waals surface area contributed by atoms with Crippen LogP contribution in [0, 0.1) is 5.92 Å². The van der Waals surface area contributed by atoms with Gasteiger partial charge in [-0.2, -0.15) is 13.2 Å². The molecule has 1 aliphatic carbocycles. The van der Waals surface area contributed by atoms with Gasteiger partial charge in [-0.15, -0.1) is 0 Å². The Morgan fingerprint density at radius 3 is 2.53 bits per heavy atom.